The number of esters is 4. The molecule has 0 heterocycles. The van der Waals surface area contributed by atoms with Crippen molar-refractivity contribution in [2.45, 2.75) is 341 Å². The quantitative estimate of drug-likeness (QED) is 0.0169. The first-order valence-corrected chi connectivity index (χ1v) is 42.1. The summed E-state index contributed by atoms with van der Waals surface area (Å²) in [5.74, 6) is -2.24. The number of allylic oxidation sites excluding steroid dienone is 18. The molecule has 0 saturated heterocycles. The SMILES string of the molecule is CC/C=C\C/C=C\C/C=C\C/C=C\C/C=C\CCCCCC(=O)OC[C@H](COP(=O)(O)OC[C@@H](O)COP(=O)(O)OC[C@@H](COC(=O)CCCCCCC/C=C\C/C=C\CCCCC)OC(=O)CCCCCCC/C=C\CCCCCC)OC(=O)CCCCCCC/C=C\CCCCCC. The summed E-state index contributed by atoms with van der Waals surface area (Å²) in [5.41, 5.74) is 0. The lowest BCUT2D eigenvalue weighted by Crippen LogP contribution is -2.30. The smallest absolute Gasteiger partial charge is 0.462 e. The summed E-state index contributed by atoms with van der Waals surface area (Å²) in [5, 5.41) is 10.6. The zero-order valence-electron chi connectivity index (χ0n) is 62.8. The Morgan fingerprint density at radius 1 is 0.290 bits per heavy atom. The molecular weight excluding hydrogens is 1310 g/mol. The normalized spacial score (nSPS) is 14.5. The molecule has 100 heavy (non-hydrogen) atoms. The molecule has 0 fully saturated rings. The van der Waals surface area contributed by atoms with Gasteiger partial charge in [-0.2, -0.15) is 0 Å². The van der Waals surface area contributed by atoms with Crippen molar-refractivity contribution in [1.29, 1.82) is 0 Å². The summed E-state index contributed by atoms with van der Waals surface area (Å²) in [7, 11) is -9.97. The predicted molar refractivity (Wildman–Crippen MR) is 408 cm³/mol. The third-order valence-electron chi connectivity index (χ3n) is 16.2. The Kier molecular flexibility index (Phi) is 69.9. The second-order valence-corrected chi connectivity index (χ2v) is 28.8. The molecule has 0 aliphatic rings. The van der Waals surface area contributed by atoms with Crippen molar-refractivity contribution >= 4 is 39.5 Å². The molecule has 0 rings (SSSR count). The number of phosphoric acid groups is 2. The van der Waals surface area contributed by atoms with Crippen molar-refractivity contribution in [3.8, 4) is 0 Å². The average molecular weight is 1450 g/mol. The van der Waals surface area contributed by atoms with E-state index < -0.39 is 97.5 Å². The highest BCUT2D eigenvalue weighted by molar-refractivity contribution is 7.47. The van der Waals surface area contributed by atoms with E-state index in [0.717, 1.165) is 173 Å². The second-order valence-electron chi connectivity index (χ2n) is 25.9. The molecule has 17 nitrogen and oxygen atoms in total. The molecule has 0 aromatic heterocycles. The maximum Gasteiger partial charge on any atom is 0.472 e. The molecule has 576 valence electrons. The van der Waals surface area contributed by atoms with E-state index in [2.05, 4.69) is 137 Å². The Hall–Kier alpha value is -4.28. The first-order valence-electron chi connectivity index (χ1n) is 39.1. The van der Waals surface area contributed by atoms with Gasteiger partial charge in [0, 0.05) is 25.7 Å². The number of unbranched alkanes of at least 4 members (excludes halogenated alkanes) is 29. The van der Waals surface area contributed by atoms with Crippen LogP contribution in [0.5, 0.6) is 0 Å². The standard InChI is InChI=1S/C81H140O17P2/c1-5-9-13-17-21-25-29-33-35-36-37-38-40-44-46-50-54-58-62-66-79(84)92-72-77(98-81(86)68-64-60-56-52-48-42-32-28-24-20-16-12-8-4)74-96-100(89,90)94-70-75(82)69-93-99(87,88)95-73-76(97-80(85)67-63-59-55-51-47-41-31-27-23-19-15-11-7-3)71-91-78(83)65-61-57-53-49-45-43-39-34-30-26-22-18-14-10-6-2/h9,13,21-22,25-28,31-35,37-39,44,46,75-77,82H,5-8,10-12,14-20,23-24,29-30,36,40-43,45,47-74H2,1-4H3,(H,87,88)(H,89,90)/b13-9-,25-21-,26-22-,31-27-,32-28-,35-33-,38-37-,39-34-,46-44-/t75-,76+,77+/m0/s1. The van der Waals surface area contributed by atoms with Crippen LogP contribution in [0.3, 0.4) is 0 Å². The van der Waals surface area contributed by atoms with E-state index in [1.807, 2.05) is 0 Å². The van der Waals surface area contributed by atoms with Gasteiger partial charge in [0.05, 0.1) is 26.4 Å². The second kappa shape index (κ2) is 73.0. The minimum absolute atomic E-state index is 0.0758. The summed E-state index contributed by atoms with van der Waals surface area (Å²) in [4.78, 5) is 72.9. The van der Waals surface area contributed by atoms with Crippen LogP contribution in [0.25, 0.3) is 0 Å². The molecule has 0 amide bonds. The summed E-state index contributed by atoms with van der Waals surface area (Å²) in [6.45, 7) is 4.65. The Morgan fingerprint density at radius 2 is 0.520 bits per heavy atom. The van der Waals surface area contributed by atoms with E-state index in [9.17, 15) is 43.2 Å². The molecule has 0 saturated carbocycles. The number of hydrogen-bond acceptors (Lipinski definition) is 15. The predicted octanol–water partition coefficient (Wildman–Crippen LogP) is 22.6. The van der Waals surface area contributed by atoms with Gasteiger partial charge in [0.15, 0.2) is 12.2 Å². The fourth-order valence-electron chi connectivity index (χ4n) is 10.2. The Labute approximate surface area is 607 Å². The van der Waals surface area contributed by atoms with Crippen LogP contribution in [0, 0.1) is 0 Å². The van der Waals surface area contributed by atoms with Crippen molar-refractivity contribution in [3.05, 3.63) is 109 Å². The topological polar surface area (TPSA) is 237 Å². The largest absolute Gasteiger partial charge is 0.472 e. The van der Waals surface area contributed by atoms with Gasteiger partial charge in [-0.25, -0.2) is 9.13 Å². The third-order valence-corrected chi connectivity index (χ3v) is 18.1. The molecule has 5 atom stereocenters. The molecule has 0 aromatic carbocycles. The van der Waals surface area contributed by atoms with E-state index in [4.69, 9.17) is 37.0 Å². The molecule has 0 spiro atoms. The molecule has 0 bridgehead atoms. The average Bonchev–Trinajstić information content (AvgIpc) is 0.935. The molecule has 3 N–H and O–H groups in total. The van der Waals surface area contributed by atoms with Gasteiger partial charge in [0.25, 0.3) is 0 Å². The minimum atomic E-state index is -4.99. The van der Waals surface area contributed by atoms with Crippen molar-refractivity contribution < 1.29 is 80.2 Å². The number of aliphatic hydroxyl groups excluding tert-OH is 1. The van der Waals surface area contributed by atoms with E-state index in [0.29, 0.717) is 25.7 Å². The van der Waals surface area contributed by atoms with Crippen molar-refractivity contribution in [3.63, 3.8) is 0 Å². The first kappa shape index (κ1) is 95.7. The molecule has 0 aliphatic carbocycles. The Bertz CT molecular complexity index is 2320. The minimum Gasteiger partial charge on any atom is -0.462 e. The van der Waals surface area contributed by atoms with Gasteiger partial charge in [-0.15, -0.1) is 0 Å². The fourth-order valence-corrected chi connectivity index (χ4v) is 11.8. The number of aliphatic hydroxyl groups is 1. The van der Waals surface area contributed by atoms with Crippen LogP contribution in [0.1, 0.15) is 323 Å². The van der Waals surface area contributed by atoms with Gasteiger partial charge in [0.2, 0.25) is 0 Å². The summed E-state index contributed by atoms with van der Waals surface area (Å²) in [6.07, 6.45) is 77.8. The van der Waals surface area contributed by atoms with Crippen molar-refractivity contribution in [1.82, 2.24) is 0 Å². The lowest BCUT2D eigenvalue weighted by Gasteiger charge is -2.21. The summed E-state index contributed by atoms with van der Waals surface area (Å²) >= 11 is 0. The Balaban J connectivity index is 5.38. The number of carbonyl (C=O) groups is 4. The zero-order chi connectivity index (χ0) is 73.2. The first-order chi connectivity index (χ1) is 48.7. The number of rotatable bonds is 73. The van der Waals surface area contributed by atoms with Crippen LogP contribution in [-0.2, 0) is 65.4 Å². The zero-order valence-corrected chi connectivity index (χ0v) is 64.6. The number of carbonyl (C=O) groups excluding carboxylic acids is 4. The highest BCUT2D eigenvalue weighted by atomic mass is 31.2. The molecule has 2 unspecified atom stereocenters. The van der Waals surface area contributed by atoms with Crippen molar-refractivity contribution in [2.24, 2.45) is 0 Å². The van der Waals surface area contributed by atoms with Crippen molar-refractivity contribution in [2.75, 3.05) is 39.6 Å². The number of phosphoric ester groups is 2. The van der Waals surface area contributed by atoms with Crippen LogP contribution in [0.2, 0.25) is 0 Å². The van der Waals surface area contributed by atoms with Gasteiger partial charge >= 0.3 is 39.5 Å². The van der Waals surface area contributed by atoms with E-state index >= 15 is 0 Å². The molecular formula is C81H140O17P2. The van der Waals surface area contributed by atoms with E-state index in [-0.39, 0.29) is 25.7 Å². The van der Waals surface area contributed by atoms with Gasteiger partial charge in [-0.3, -0.25) is 37.3 Å². The monoisotopic (exact) mass is 1450 g/mol. The summed E-state index contributed by atoms with van der Waals surface area (Å²) < 4.78 is 68.5. The summed E-state index contributed by atoms with van der Waals surface area (Å²) in [6, 6.07) is 0. The fraction of sp³-hybridized carbons (Fsp3) is 0.728. The molecule has 0 radical (unpaired) electrons. The Morgan fingerprint density at radius 3 is 0.840 bits per heavy atom. The third kappa shape index (κ3) is 72.1. The van der Waals surface area contributed by atoms with E-state index in [1.54, 1.807) is 0 Å². The van der Waals surface area contributed by atoms with Gasteiger partial charge in [-0.1, -0.05) is 253 Å². The highest BCUT2D eigenvalue weighted by Crippen LogP contribution is 2.45. The number of hydrogen-bond donors (Lipinski definition) is 3. The molecule has 0 aliphatic heterocycles. The van der Waals surface area contributed by atoms with Gasteiger partial charge < -0.3 is 33.8 Å². The van der Waals surface area contributed by atoms with Gasteiger partial charge in [0.1, 0.15) is 19.3 Å². The lowest BCUT2D eigenvalue weighted by atomic mass is 10.1. The van der Waals surface area contributed by atoms with Crippen LogP contribution in [0.4, 0.5) is 0 Å². The van der Waals surface area contributed by atoms with E-state index in [1.165, 1.54) is 70.6 Å². The number of ether oxygens (including phenoxy) is 4. The molecule has 0 aromatic rings. The van der Waals surface area contributed by atoms with Crippen LogP contribution in [-0.4, -0.2) is 96.7 Å². The van der Waals surface area contributed by atoms with Crippen LogP contribution < -0.4 is 0 Å². The maximum atomic E-state index is 13.1. The molecule has 19 heteroatoms. The van der Waals surface area contributed by atoms with Crippen LogP contribution >= 0.6 is 15.6 Å². The lowest BCUT2D eigenvalue weighted by molar-refractivity contribution is -0.161. The highest BCUT2D eigenvalue weighted by Gasteiger charge is 2.30. The maximum absolute atomic E-state index is 13.1. The van der Waals surface area contributed by atoms with Gasteiger partial charge in [-0.05, 0) is 154 Å². The van der Waals surface area contributed by atoms with Crippen LogP contribution in [0.15, 0.2) is 109 Å².